The van der Waals surface area contributed by atoms with E-state index in [1.165, 1.54) is 16.4 Å². The van der Waals surface area contributed by atoms with Gasteiger partial charge >= 0.3 is 0 Å². The van der Waals surface area contributed by atoms with Crippen molar-refractivity contribution < 1.29 is 0 Å². The molecule has 0 aliphatic carbocycles. The summed E-state index contributed by atoms with van der Waals surface area (Å²) in [5.74, 6) is 2.10. The van der Waals surface area contributed by atoms with Crippen molar-refractivity contribution in [1.29, 1.82) is 0 Å². The van der Waals surface area contributed by atoms with Crippen molar-refractivity contribution in [2.45, 2.75) is 26.1 Å². The number of anilines is 1. The Morgan fingerprint density at radius 3 is 2.92 bits per heavy atom. The van der Waals surface area contributed by atoms with Gasteiger partial charge in [-0.1, -0.05) is 12.1 Å². The Morgan fingerprint density at radius 1 is 1.08 bits per heavy atom. The Balaban J connectivity index is 1.40. The molecule has 5 nitrogen and oxygen atoms in total. The molecule has 4 rings (SSSR count). The molecule has 1 aliphatic rings. The van der Waals surface area contributed by atoms with E-state index in [2.05, 4.69) is 42.3 Å². The zero-order chi connectivity index (χ0) is 16.2. The highest BCUT2D eigenvalue weighted by atomic mass is 32.1. The van der Waals surface area contributed by atoms with Gasteiger partial charge in [0, 0.05) is 43.7 Å². The summed E-state index contributed by atoms with van der Waals surface area (Å²) in [5, 5.41) is 5.53. The Labute approximate surface area is 146 Å². The Morgan fingerprint density at radius 2 is 2.08 bits per heavy atom. The number of imidazole rings is 1. The topological polar surface area (TPSA) is 46.0 Å². The molecule has 24 heavy (non-hydrogen) atoms. The lowest BCUT2D eigenvalue weighted by Gasteiger charge is -2.18. The van der Waals surface area contributed by atoms with Crippen LogP contribution in [0.2, 0.25) is 0 Å². The molecule has 0 saturated heterocycles. The fourth-order valence-electron chi connectivity index (χ4n) is 3.11. The van der Waals surface area contributed by atoms with E-state index in [1.54, 1.807) is 0 Å². The molecule has 1 aliphatic heterocycles. The molecule has 0 saturated carbocycles. The summed E-state index contributed by atoms with van der Waals surface area (Å²) in [5.41, 5.74) is 1.23. The van der Waals surface area contributed by atoms with Gasteiger partial charge in [-0.2, -0.15) is 0 Å². The average molecular weight is 339 g/mol. The smallest absolute Gasteiger partial charge is 0.126 e. The van der Waals surface area contributed by atoms with Gasteiger partial charge in [0.05, 0.1) is 18.4 Å². The maximum absolute atomic E-state index is 4.64. The van der Waals surface area contributed by atoms with Gasteiger partial charge < -0.3 is 9.88 Å². The number of fused-ring (bicyclic) bond motifs is 1. The van der Waals surface area contributed by atoms with Crippen LogP contribution in [0.3, 0.4) is 0 Å². The minimum atomic E-state index is 0.759. The molecule has 0 unspecified atom stereocenters. The van der Waals surface area contributed by atoms with Crippen LogP contribution in [-0.2, 0) is 26.1 Å². The molecule has 4 heterocycles. The monoisotopic (exact) mass is 339 g/mol. The highest BCUT2D eigenvalue weighted by molar-refractivity contribution is 7.09. The molecular weight excluding hydrogens is 318 g/mol. The van der Waals surface area contributed by atoms with E-state index >= 15 is 0 Å². The van der Waals surface area contributed by atoms with Crippen molar-refractivity contribution in [3.63, 3.8) is 0 Å². The highest BCUT2D eigenvalue weighted by Crippen LogP contribution is 2.17. The normalized spacial score (nSPS) is 15.0. The second-order valence-electron chi connectivity index (χ2n) is 5.99. The van der Waals surface area contributed by atoms with Gasteiger partial charge in [0.2, 0.25) is 0 Å². The lowest BCUT2D eigenvalue weighted by Crippen LogP contribution is -2.26. The van der Waals surface area contributed by atoms with Crippen LogP contribution in [0.5, 0.6) is 0 Å². The summed E-state index contributed by atoms with van der Waals surface area (Å²) in [6, 6.07) is 10.3. The van der Waals surface area contributed by atoms with E-state index in [-0.39, 0.29) is 0 Å². The zero-order valence-corrected chi connectivity index (χ0v) is 14.4. The summed E-state index contributed by atoms with van der Waals surface area (Å²) in [6.07, 6.45) is 4.82. The van der Waals surface area contributed by atoms with Gasteiger partial charge in [0.25, 0.3) is 0 Å². The third kappa shape index (κ3) is 3.49. The first-order valence-electron chi connectivity index (χ1n) is 8.31. The highest BCUT2D eigenvalue weighted by Gasteiger charge is 2.17. The van der Waals surface area contributed by atoms with Crippen LogP contribution in [0.1, 0.15) is 16.4 Å². The predicted molar refractivity (Wildman–Crippen MR) is 97.1 cm³/mol. The van der Waals surface area contributed by atoms with Gasteiger partial charge in [-0.3, -0.25) is 4.90 Å². The van der Waals surface area contributed by atoms with Gasteiger partial charge in [-0.25, -0.2) is 9.97 Å². The van der Waals surface area contributed by atoms with Crippen molar-refractivity contribution in [3.05, 3.63) is 64.5 Å². The molecule has 1 N–H and O–H groups in total. The van der Waals surface area contributed by atoms with Gasteiger partial charge in [-0.15, -0.1) is 11.3 Å². The number of pyridine rings is 1. The molecule has 0 radical (unpaired) electrons. The molecule has 124 valence electrons. The first kappa shape index (κ1) is 15.4. The quantitative estimate of drug-likeness (QED) is 0.776. The maximum Gasteiger partial charge on any atom is 0.126 e. The summed E-state index contributed by atoms with van der Waals surface area (Å²) in [7, 11) is 0. The summed E-state index contributed by atoms with van der Waals surface area (Å²) in [4.78, 5) is 12.9. The van der Waals surface area contributed by atoms with Crippen LogP contribution >= 0.6 is 11.3 Å². The molecule has 0 atom stereocenters. The summed E-state index contributed by atoms with van der Waals surface area (Å²) in [6.45, 7) is 4.94. The minimum Gasteiger partial charge on any atom is -0.364 e. The van der Waals surface area contributed by atoms with E-state index in [1.807, 2.05) is 41.9 Å². The molecule has 0 spiro atoms. The second-order valence-corrected chi connectivity index (χ2v) is 7.02. The van der Waals surface area contributed by atoms with Crippen molar-refractivity contribution >= 4 is 17.2 Å². The van der Waals surface area contributed by atoms with E-state index in [0.717, 1.165) is 45.0 Å². The molecule has 6 heteroatoms. The van der Waals surface area contributed by atoms with Crippen molar-refractivity contribution in [2.24, 2.45) is 0 Å². The standard InChI is InChI=1S/C18H21N5S/c1-2-7-19-17(5-1)20-12-15-13-21-18-6-8-22(9-10-23(15)18)14-16-4-3-11-24-16/h1-5,7,11,13H,6,8-10,12,14H2,(H,19,20). The molecule has 3 aromatic heterocycles. The lowest BCUT2D eigenvalue weighted by atomic mass is 10.3. The fraction of sp³-hybridized carbons (Fsp3) is 0.333. The number of hydrogen-bond donors (Lipinski definition) is 1. The molecule has 0 fully saturated rings. The number of nitrogens with zero attached hydrogens (tertiary/aromatic N) is 4. The first-order chi connectivity index (χ1) is 11.9. The summed E-state index contributed by atoms with van der Waals surface area (Å²) < 4.78 is 2.37. The fourth-order valence-corrected chi connectivity index (χ4v) is 3.85. The van der Waals surface area contributed by atoms with Crippen molar-refractivity contribution in [1.82, 2.24) is 19.4 Å². The van der Waals surface area contributed by atoms with Crippen LogP contribution in [-0.4, -0.2) is 32.5 Å². The predicted octanol–water partition coefficient (Wildman–Crippen LogP) is 3.01. The zero-order valence-electron chi connectivity index (χ0n) is 13.6. The lowest BCUT2D eigenvalue weighted by molar-refractivity contribution is 0.273. The van der Waals surface area contributed by atoms with E-state index in [0.29, 0.717) is 0 Å². The maximum atomic E-state index is 4.64. The Hall–Kier alpha value is -2.18. The van der Waals surface area contributed by atoms with Crippen LogP contribution in [0.25, 0.3) is 0 Å². The van der Waals surface area contributed by atoms with Gasteiger partial charge in [-0.05, 0) is 23.6 Å². The molecular formula is C18H21N5S. The summed E-state index contributed by atoms with van der Waals surface area (Å²) >= 11 is 1.84. The molecule has 0 amide bonds. The Kier molecular flexibility index (Phi) is 4.57. The first-order valence-corrected chi connectivity index (χ1v) is 9.19. The third-order valence-corrected chi connectivity index (χ3v) is 5.25. The molecule has 3 aromatic rings. The second kappa shape index (κ2) is 7.15. The van der Waals surface area contributed by atoms with Crippen molar-refractivity contribution in [3.8, 4) is 0 Å². The largest absolute Gasteiger partial charge is 0.364 e. The van der Waals surface area contributed by atoms with Crippen LogP contribution in [0, 0.1) is 0 Å². The van der Waals surface area contributed by atoms with E-state index in [9.17, 15) is 0 Å². The van der Waals surface area contributed by atoms with Gasteiger partial charge in [0.15, 0.2) is 0 Å². The number of thiophene rings is 1. The number of nitrogens with one attached hydrogen (secondary N) is 1. The van der Waals surface area contributed by atoms with Crippen LogP contribution < -0.4 is 5.32 Å². The molecule has 0 bridgehead atoms. The van der Waals surface area contributed by atoms with E-state index < -0.39 is 0 Å². The van der Waals surface area contributed by atoms with Crippen LogP contribution in [0.15, 0.2) is 48.1 Å². The SMILES string of the molecule is c1ccc(NCc2cnc3n2CCN(Cc2cccs2)CC3)nc1. The average Bonchev–Trinajstić information content (AvgIpc) is 3.21. The number of hydrogen-bond acceptors (Lipinski definition) is 5. The third-order valence-electron chi connectivity index (χ3n) is 4.39. The van der Waals surface area contributed by atoms with E-state index in [4.69, 9.17) is 0 Å². The minimum absolute atomic E-state index is 0.759. The Bertz CT molecular complexity index is 766. The van der Waals surface area contributed by atoms with Crippen LogP contribution in [0.4, 0.5) is 5.82 Å². The number of aromatic nitrogens is 3. The molecule has 0 aromatic carbocycles. The van der Waals surface area contributed by atoms with Crippen molar-refractivity contribution in [2.75, 3.05) is 18.4 Å². The number of rotatable bonds is 5. The van der Waals surface area contributed by atoms with Gasteiger partial charge in [0.1, 0.15) is 11.6 Å².